The van der Waals surface area contributed by atoms with Crippen LogP contribution in [0.5, 0.6) is 0 Å². The van der Waals surface area contributed by atoms with E-state index >= 15 is 0 Å². The normalized spacial score (nSPS) is 20.1. The van der Waals surface area contributed by atoms with E-state index in [1.54, 1.807) is 6.07 Å². The monoisotopic (exact) mass is 250 g/mol. The van der Waals surface area contributed by atoms with E-state index in [-0.39, 0.29) is 5.82 Å². The maximum absolute atomic E-state index is 13.1. The Labute approximate surface area is 107 Å². The van der Waals surface area contributed by atoms with Crippen molar-refractivity contribution in [3.63, 3.8) is 0 Å². The van der Waals surface area contributed by atoms with E-state index in [4.69, 9.17) is 0 Å². The van der Waals surface area contributed by atoms with Crippen molar-refractivity contribution in [3.05, 3.63) is 29.6 Å². The number of aldehydes is 1. The Morgan fingerprint density at radius 1 is 1.56 bits per heavy atom. The third kappa shape index (κ3) is 2.70. The van der Waals surface area contributed by atoms with Gasteiger partial charge in [0.15, 0.2) is 6.29 Å². The number of carbonyl (C=O) groups excluding carboxylic acids is 1. The molecule has 3 nitrogen and oxygen atoms in total. The highest BCUT2D eigenvalue weighted by Crippen LogP contribution is 2.22. The Morgan fingerprint density at radius 2 is 2.33 bits per heavy atom. The van der Waals surface area contributed by atoms with Gasteiger partial charge in [0.2, 0.25) is 0 Å². The van der Waals surface area contributed by atoms with Gasteiger partial charge in [-0.05, 0) is 44.6 Å². The van der Waals surface area contributed by atoms with Crippen molar-refractivity contribution in [2.24, 2.45) is 0 Å². The summed E-state index contributed by atoms with van der Waals surface area (Å²) in [6.07, 6.45) is 3.12. The molecule has 1 aromatic rings. The Bertz CT molecular complexity index is 436. The number of likely N-dealkylation sites (tertiary alicyclic amines) is 1. The first-order valence-electron chi connectivity index (χ1n) is 6.28. The van der Waals surface area contributed by atoms with Gasteiger partial charge in [-0.2, -0.15) is 0 Å². The molecular formula is C14H19FN2O. The summed E-state index contributed by atoms with van der Waals surface area (Å²) < 4.78 is 13.1. The van der Waals surface area contributed by atoms with Crippen LogP contribution in [-0.4, -0.2) is 44.4 Å². The summed E-state index contributed by atoms with van der Waals surface area (Å²) in [5.74, 6) is -0.368. The van der Waals surface area contributed by atoms with Gasteiger partial charge in [0, 0.05) is 30.9 Å². The molecule has 1 saturated heterocycles. The maximum atomic E-state index is 13.1. The summed E-state index contributed by atoms with van der Waals surface area (Å²) in [6, 6.07) is 4.88. The molecule has 1 aliphatic rings. The lowest BCUT2D eigenvalue weighted by Crippen LogP contribution is -2.37. The Morgan fingerprint density at radius 3 is 2.94 bits per heavy atom. The zero-order valence-electron chi connectivity index (χ0n) is 10.9. The Hall–Kier alpha value is -1.42. The largest absolute Gasteiger partial charge is 0.372 e. The average molecular weight is 250 g/mol. The standard InChI is InChI=1S/C14H19FN2O/c1-16-7-3-4-13(16)9-17(2)14-6-5-12(15)8-11(14)10-18/h5-6,8,10,13H,3-4,7,9H2,1-2H3. The van der Waals surface area contributed by atoms with Gasteiger partial charge in [-0.25, -0.2) is 4.39 Å². The summed E-state index contributed by atoms with van der Waals surface area (Å²) >= 11 is 0. The molecule has 0 amide bonds. The molecule has 1 fully saturated rings. The smallest absolute Gasteiger partial charge is 0.152 e. The zero-order chi connectivity index (χ0) is 13.1. The number of hydrogen-bond donors (Lipinski definition) is 0. The molecule has 18 heavy (non-hydrogen) atoms. The summed E-state index contributed by atoms with van der Waals surface area (Å²) in [4.78, 5) is 15.4. The van der Waals surface area contributed by atoms with E-state index in [1.165, 1.54) is 25.0 Å². The highest BCUT2D eigenvalue weighted by Gasteiger charge is 2.22. The van der Waals surface area contributed by atoms with Gasteiger partial charge >= 0.3 is 0 Å². The molecule has 1 heterocycles. The van der Waals surface area contributed by atoms with Crippen molar-refractivity contribution in [2.75, 3.05) is 32.1 Å². The summed E-state index contributed by atoms with van der Waals surface area (Å²) in [7, 11) is 4.07. The second-order valence-electron chi connectivity index (χ2n) is 4.98. The maximum Gasteiger partial charge on any atom is 0.152 e. The van der Waals surface area contributed by atoms with Crippen LogP contribution in [0.15, 0.2) is 18.2 Å². The molecular weight excluding hydrogens is 231 g/mol. The predicted octanol–water partition coefficient (Wildman–Crippen LogP) is 2.17. The fraction of sp³-hybridized carbons (Fsp3) is 0.500. The number of anilines is 1. The van der Waals surface area contributed by atoms with Crippen LogP contribution >= 0.6 is 0 Å². The van der Waals surface area contributed by atoms with E-state index in [2.05, 4.69) is 11.9 Å². The molecule has 0 radical (unpaired) electrons. The van der Waals surface area contributed by atoms with Gasteiger partial charge in [-0.15, -0.1) is 0 Å². The second kappa shape index (κ2) is 5.48. The minimum atomic E-state index is -0.368. The third-order valence-corrected chi connectivity index (χ3v) is 3.68. The van der Waals surface area contributed by atoms with E-state index in [9.17, 15) is 9.18 Å². The minimum Gasteiger partial charge on any atom is -0.372 e. The van der Waals surface area contributed by atoms with Gasteiger partial charge in [-0.1, -0.05) is 0 Å². The molecule has 0 aliphatic carbocycles. The van der Waals surface area contributed by atoms with E-state index < -0.39 is 0 Å². The van der Waals surface area contributed by atoms with Crippen molar-refractivity contribution >= 4 is 12.0 Å². The molecule has 1 aromatic carbocycles. The quantitative estimate of drug-likeness (QED) is 0.765. The molecule has 0 bridgehead atoms. The molecule has 0 aromatic heterocycles. The number of rotatable bonds is 4. The van der Waals surface area contributed by atoms with Gasteiger partial charge in [-0.3, -0.25) is 4.79 Å². The lowest BCUT2D eigenvalue weighted by atomic mass is 10.1. The zero-order valence-corrected chi connectivity index (χ0v) is 10.9. The molecule has 1 atom stereocenters. The van der Waals surface area contributed by atoms with Crippen LogP contribution < -0.4 is 4.90 Å². The lowest BCUT2D eigenvalue weighted by Gasteiger charge is -2.28. The number of benzene rings is 1. The number of hydrogen-bond acceptors (Lipinski definition) is 3. The first-order chi connectivity index (χ1) is 8.61. The average Bonchev–Trinajstić information content (AvgIpc) is 2.74. The lowest BCUT2D eigenvalue weighted by molar-refractivity contribution is 0.112. The van der Waals surface area contributed by atoms with E-state index in [0.717, 1.165) is 18.8 Å². The first kappa shape index (κ1) is 13.0. The van der Waals surface area contributed by atoms with Gasteiger partial charge in [0.25, 0.3) is 0 Å². The first-order valence-corrected chi connectivity index (χ1v) is 6.28. The number of carbonyl (C=O) groups is 1. The molecule has 2 rings (SSSR count). The molecule has 4 heteroatoms. The van der Waals surface area contributed by atoms with Crippen LogP contribution in [0.3, 0.4) is 0 Å². The molecule has 98 valence electrons. The summed E-state index contributed by atoms with van der Waals surface area (Å²) in [5, 5.41) is 0. The molecule has 1 aliphatic heterocycles. The van der Waals surface area contributed by atoms with Gasteiger partial charge in [0.1, 0.15) is 5.82 Å². The minimum absolute atomic E-state index is 0.368. The van der Waals surface area contributed by atoms with Crippen molar-refractivity contribution in [2.45, 2.75) is 18.9 Å². The van der Waals surface area contributed by atoms with Crippen molar-refractivity contribution in [1.82, 2.24) is 4.90 Å². The van der Waals surface area contributed by atoms with Crippen LogP contribution in [0.4, 0.5) is 10.1 Å². The number of halogens is 1. The number of nitrogens with zero attached hydrogens (tertiary/aromatic N) is 2. The molecule has 0 saturated carbocycles. The van der Waals surface area contributed by atoms with E-state index in [0.29, 0.717) is 17.9 Å². The number of likely N-dealkylation sites (N-methyl/N-ethyl adjacent to an activating group) is 2. The van der Waals surface area contributed by atoms with Crippen LogP contribution in [0.25, 0.3) is 0 Å². The summed E-state index contributed by atoms with van der Waals surface area (Å²) in [6.45, 7) is 1.99. The SMILES string of the molecule is CN(CC1CCCN1C)c1ccc(F)cc1C=O. The van der Waals surface area contributed by atoms with Gasteiger partial charge in [0.05, 0.1) is 0 Å². The highest BCUT2D eigenvalue weighted by molar-refractivity contribution is 5.84. The van der Waals surface area contributed by atoms with Crippen molar-refractivity contribution in [3.8, 4) is 0 Å². The Kier molecular flexibility index (Phi) is 3.97. The molecule has 1 unspecified atom stereocenters. The van der Waals surface area contributed by atoms with Crippen molar-refractivity contribution in [1.29, 1.82) is 0 Å². The topological polar surface area (TPSA) is 23.6 Å². The predicted molar refractivity (Wildman–Crippen MR) is 70.7 cm³/mol. The van der Waals surface area contributed by atoms with Crippen LogP contribution in [-0.2, 0) is 0 Å². The van der Waals surface area contributed by atoms with Crippen molar-refractivity contribution < 1.29 is 9.18 Å². The molecule has 0 spiro atoms. The van der Waals surface area contributed by atoms with Crippen LogP contribution in [0.1, 0.15) is 23.2 Å². The molecule has 0 N–H and O–H groups in total. The fourth-order valence-corrected chi connectivity index (χ4v) is 2.59. The van der Waals surface area contributed by atoms with Gasteiger partial charge < -0.3 is 9.80 Å². The van der Waals surface area contributed by atoms with Crippen LogP contribution in [0.2, 0.25) is 0 Å². The highest BCUT2D eigenvalue weighted by atomic mass is 19.1. The third-order valence-electron chi connectivity index (χ3n) is 3.68. The second-order valence-corrected chi connectivity index (χ2v) is 4.98. The Balaban J connectivity index is 2.13. The van der Waals surface area contributed by atoms with E-state index in [1.807, 2.05) is 11.9 Å². The fourth-order valence-electron chi connectivity index (χ4n) is 2.59. The summed E-state index contributed by atoms with van der Waals surface area (Å²) in [5.41, 5.74) is 1.21. The van der Waals surface area contributed by atoms with Crippen LogP contribution in [0, 0.1) is 5.82 Å².